The lowest BCUT2D eigenvalue weighted by molar-refractivity contribution is -0.660. The van der Waals surface area contributed by atoms with Crippen molar-refractivity contribution < 1.29 is 8.98 Å². The maximum Gasteiger partial charge on any atom is 0.216 e. The van der Waals surface area contributed by atoms with E-state index < -0.39 is 0 Å². The van der Waals surface area contributed by atoms with Crippen LogP contribution in [0.4, 0.5) is 0 Å². The molecule has 0 saturated carbocycles. The first-order chi connectivity index (χ1) is 12.2. The second kappa shape index (κ2) is 5.15. The first-order valence-electron chi connectivity index (χ1n) is 8.38. The van der Waals surface area contributed by atoms with E-state index >= 15 is 0 Å². The van der Waals surface area contributed by atoms with Crippen molar-refractivity contribution >= 4 is 32.8 Å². The maximum atomic E-state index is 6.41. The van der Waals surface area contributed by atoms with E-state index in [1.165, 1.54) is 5.56 Å². The Hall–Kier alpha value is -3.20. The molecule has 0 fully saturated rings. The highest BCUT2D eigenvalue weighted by atomic mass is 16.3. The summed E-state index contributed by atoms with van der Waals surface area (Å²) in [6, 6.07) is 18.8. The monoisotopic (exact) mass is 325 g/mol. The molecule has 3 nitrogen and oxygen atoms in total. The van der Waals surface area contributed by atoms with E-state index in [1.807, 2.05) is 18.3 Å². The molecule has 0 spiro atoms. The van der Waals surface area contributed by atoms with Gasteiger partial charge in [0.15, 0.2) is 11.8 Å². The van der Waals surface area contributed by atoms with Gasteiger partial charge in [0.25, 0.3) is 0 Å². The van der Waals surface area contributed by atoms with Crippen LogP contribution in [0.5, 0.6) is 0 Å². The van der Waals surface area contributed by atoms with Crippen molar-refractivity contribution in [2.75, 3.05) is 0 Å². The molecule has 5 aromatic rings. The number of nitrogens with zero attached hydrogens (tertiary/aromatic N) is 2. The number of aromatic nitrogens is 2. The molecule has 120 valence electrons. The highest BCUT2D eigenvalue weighted by Gasteiger charge is 2.20. The molecular formula is C22H17N2O+. The smallest absolute Gasteiger partial charge is 0.216 e. The summed E-state index contributed by atoms with van der Waals surface area (Å²) >= 11 is 0. The Balaban J connectivity index is 1.98. The molecule has 0 aliphatic carbocycles. The minimum Gasteiger partial charge on any atom is -0.453 e. The predicted molar refractivity (Wildman–Crippen MR) is 100 cm³/mol. The lowest BCUT2D eigenvalue weighted by Crippen LogP contribution is -2.30. The van der Waals surface area contributed by atoms with Crippen LogP contribution in [0.1, 0.15) is 5.56 Å². The van der Waals surface area contributed by atoms with Crippen molar-refractivity contribution in [2.45, 2.75) is 6.92 Å². The van der Waals surface area contributed by atoms with E-state index in [0.29, 0.717) is 0 Å². The standard InChI is InChI=1S/C22H17N2O/c1-14-8-10-16-17-11-9-15-6-5-12-23-20(15)22(17)25-21(16)19(14)18-7-3-4-13-24(18)2/h3-13H,1-2H3/q+1. The van der Waals surface area contributed by atoms with Crippen LogP contribution in [0.15, 0.2) is 71.4 Å². The molecule has 5 rings (SSSR count). The van der Waals surface area contributed by atoms with Gasteiger partial charge in [-0.05, 0) is 30.7 Å². The number of furan rings is 1. The molecule has 0 amide bonds. The molecule has 25 heavy (non-hydrogen) atoms. The lowest BCUT2D eigenvalue weighted by Gasteiger charge is -2.04. The van der Waals surface area contributed by atoms with Crippen molar-refractivity contribution in [3.63, 3.8) is 0 Å². The molecule has 0 aliphatic rings. The summed E-state index contributed by atoms with van der Waals surface area (Å²) < 4.78 is 8.54. The van der Waals surface area contributed by atoms with Crippen LogP contribution in [-0.4, -0.2) is 4.98 Å². The number of hydrogen-bond acceptors (Lipinski definition) is 2. The molecule has 0 aliphatic heterocycles. The maximum absolute atomic E-state index is 6.41. The van der Waals surface area contributed by atoms with E-state index in [-0.39, 0.29) is 0 Å². The largest absolute Gasteiger partial charge is 0.453 e. The van der Waals surface area contributed by atoms with Crippen molar-refractivity contribution in [3.8, 4) is 11.3 Å². The fourth-order valence-corrected chi connectivity index (χ4v) is 3.64. The predicted octanol–water partition coefficient (Wildman–Crippen LogP) is 4.93. The highest BCUT2D eigenvalue weighted by Crippen LogP contribution is 2.38. The third kappa shape index (κ3) is 1.99. The van der Waals surface area contributed by atoms with Crippen molar-refractivity contribution in [1.29, 1.82) is 0 Å². The molecule has 3 heteroatoms. The van der Waals surface area contributed by atoms with Gasteiger partial charge in [-0.2, -0.15) is 0 Å². The summed E-state index contributed by atoms with van der Waals surface area (Å²) in [5.74, 6) is 0. The first-order valence-corrected chi connectivity index (χ1v) is 8.38. The Morgan fingerprint density at radius 3 is 2.60 bits per heavy atom. The third-order valence-electron chi connectivity index (χ3n) is 4.90. The summed E-state index contributed by atoms with van der Waals surface area (Å²) in [7, 11) is 2.06. The molecule has 3 aromatic heterocycles. The summed E-state index contributed by atoms with van der Waals surface area (Å²) in [6.45, 7) is 2.13. The van der Waals surface area contributed by atoms with E-state index in [2.05, 4.69) is 72.2 Å². The molecule has 0 unspecified atom stereocenters. The molecule has 3 heterocycles. The molecule has 0 N–H and O–H groups in total. The Morgan fingerprint density at radius 2 is 1.72 bits per heavy atom. The summed E-state index contributed by atoms with van der Waals surface area (Å²) in [6.07, 6.45) is 3.88. The summed E-state index contributed by atoms with van der Waals surface area (Å²) in [5, 5.41) is 3.34. The average Bonchev–Trinajstić information content (AvgIpc) is 3.01. The number of rotatable bonds is 1. The number of benzene rings is 2. The van der Waals surface area contributed by atoms with E-state index in [1.54, 1.807) is 0 Å². The number of pyridine rings is 2. The second-order valence-electron chi connectivity index (χ2n) is 6.45. The van der Waals surface area contributed by atoms with Crippen LogP contribution >= 0.6 is 0 Å². The van der Waals surface area contributed by atoms with Crippen LogP contribution < -0.4 is 4.57 Å². The zero-order valence-electron chi connectivity index (χ0n) is 14.2. The molecule has 0 radical (unpaired) electrons. The van der Waals surface area contributed by atoms with Crippen molar-refractivity contribution in [3.05, 3.63) is 72.6 Å². The van der Waals surface area contributed by atoms with E-state index in [9.17, 15) is 0 Å². The topological polar surface area (TPSA) is 29.9 Å². The van der Waals surface area contributed by atoms with Crippen LogP contribution in [0.3, 0.4) is 0 Å². The summed E-state index contributed by atoms with van der Waals surface area (Å²) in [5.41, 5.74) is 6.18. The van der Waals surface area contributed by atoms with Crippen LogP contribution in [0, 0.1) is 6.92 Å². The first kappa shape index (κ1) is 14.2. The quantitative estimate of drug-likeness (QED) is 0.409. The van der Waals surface area contributed by atoms with Gasteiger partial charge in [0.1, 0.15) is 18.1 Å². The zero-order chi connectivity index (χ0) is 17.0. The van der Waals surface area contributed by atoms with Gasteiger partial charge in [-0.1, -0.05) is 24.3 Å². The molecule has 2 aromatic carbocycles. The van der Waals surface area contributed by atoms with Gasteiger partial charge in [0, 0.05) is 34.5 Å². The van der Waals surface area contributed by atoms with Crippen molar-refractivity contribution in [2.24, 2.45) is 7.05 Å². The summed E-state index contributed by atoms with van der Waals surface area (Å²) in [4.78, 5) is 4.55. The SMILES string of the molecule is Cc1ccc2c(oc3c2ccc2cccnc23)c1-c1cccc[n+]1C. The minimum absolute atomic E-state index is 0.860. The number of hydrogen-bond donors (Lipinski definition) is 0. The number of aryl methyl sites for hydroxylation is 2. The van der Waals surface area contributed by atoms with Gasteiger partial charge in [-0.25, -0.2) is 4.57 Å². The Kier molecular flexibility index (Phi) is 2.92. The Bertz CT molecular complexity index is 1270. The van der Waals surface area contributed by atoms with Crippen LogP contribution in [0.25, 0.3) is 44.1 Å². The second-order valence-corrected chi connectivity index (χ2v) is 6.45. The molecule has 0 bridgehead atoms. The van der Waals surface area contributed by atoms with Gasteiger partial charge in [-0.15, -0.1) is 0 Å². The average molecular weight is 325 g/mol. The van der Waals surface area contributed by atoms with Gasteiger partial charge in [0.2, 0.25) is 5.69 Å². The van der Waals surface area contributed by atoms with Crippen LogP contribution in [0.2, 0.25) is 0 Å². The Morgan fingerprint density at radius 1 is 0.880 bits per heavy atom. The van der Waals surface area contributed by atoms with Gasteiger partial charge in [-0.3, -0.25) is 4.98 Å². The van der Waals surface area contributed by atoms with Gasteiger partial charge >= 0.3 is 0 Å². The van der Waals surface area contributed by atoms with E-state index in [4.69, 9.17) is 4.42 Å². The fourth-order valence-electron chi connectivity index (χ4n) is 3.64. The zero-order valence-corrected chi connectivity index (χ0v) is 14.2. The minimum atomic E-state index is 0.860. The van der Waals surface area contributed by atoms with E-state index in [0.717, 1.165) is 44.1 Å². The number of fused-ring (bicyclic) bond motifs is 5. The normalized spacial score (nSPS) is 11.6. The molecule has 0 saturated heterocycles. The molecular weight excluding hydrogens is 308 g/mol. The Labute approximate surface area is 145 Å². The molecule has 0 atom stereocenters. The third-order valence-corrected chi connectivity index (χ3v) is 4.90. The van der Waals surface area contributed by atoms with Gasteiger partial charge < -0.3 is 4.42 Å². The van der Waals surface area contributed by atoms with Crippen molar-refractivity contribution in [1.82, 2.24) is 4.98 Å². The van der Waals surface area contributed by atoms with Gasteiger partial charge in [0.05, 0.1) is 5.56 Å². The fraction of sp³-hybridized carbons (Fsp3) is 0.0909. The van der Waals surface area contributed by atoms with Crippen LogP contribution in [-0.2, 0) is 7.05 Å². The lowest BCUT2D eigenvalue weighted by atomic mass is 10.0. The highest BCUT2D eigenvalue weighted by molar-refractivity contribution is 6.16.